The molecule has 116 valence electrons. The molecule has 1 aliphatic rings. The summed E-state index contributed by atoms with van der Waals surface area (Å²) in [6.45, 7) is 4.58. The van der Waals surface area contributed by atoms with Crippen LogP contribution in [0.1, 0.15) is 30.9 Å². The molecule has 0 amide bonds. The highest BCUT2D eigenvalue weighted by molar-refractivity contribution is 6.31. The first kappa shape index (κ1) is 16.1. The van der Waals surface area contributed by atoms with Crippen LogP contribution in [0.2, 0.25) is 5.02 Å². The lowest BCUT2D eigenvalue weighted by Crippen LogP contribution is -2.36. The highest BCUT2D eigenvalue weighted by Gasteiger charge is 2.22. The molecule has 0 bridgehead atoms. The lowest BCUT2D eigenvalue weighted by Gasteiger charge is -2.33. The molecule has 6 heteroatoms. The van der Waals surface area contributed by atoms with Crippen LogP contribution in [0.15, 0.2) is 23.4 Å². The van der Waals surface area contributed by atoms with Gasteiger partial charge < -0.3 is 16.0 Å². The third kappa shape index (κ3) is 4.09. The maximum absolute atomic E-state index is 9.62. The van der Waals surface area contributed by atoms with Crippen molar-refractivity contribution in [1.82, 2.24) is 4.90 Å². The van der Waals surface area contributed by atoms with E-state index in [4.69, 9.17) is 22.5 Å². The zero-order valence-electron chi connectivity index (χ0n) is 12.2. The highest BCUT2D eigenvalue weighted by atomic mass is 35.5. The van der Waals surface area contributed by atoms with Gasteiger partial charge in [0, 0.05) is 17.1 Å². The summed E-state index contributed by atoms with van der Waals surface area (Å²) in [6.07, 6.45) is 1.80. The van der Waals surface area contributed by atoms with Crippen LogP contribution in [0.5, 0.6) is 0 Å². The van der Waals surface area contributed by atoms with Crippen molar-refractivity contribution in [2.24, 2.45) is 16.8 Å². The largest absolute Gasteiger partial charge is 0.409 e. The maximum Gasteiger partial charge on any atom is 0.170 e. The van der Waals surface area contributed by atoms with Crippen molar-refractivity contribution in [3.8, 4) is 0 Å². The standard InChI is InChI=1S/C15H22ClN3O2/c1-10(20)11-4-6-19(7-5-11)9-13-3-2-12(8-14(13)16)15(17)18-21/h2-3,8,10-11,20-21H,4-7,9H2,1H3,(H2,17,18). The average Bonchev–Trinajstić information content (AvgIpc) is 2.49. The van der Waals surface area contributed by atoms with E-state index in [9.17, 15) is 5.11 Å². The molecule has 0 radical (unpaired) electrons. The van der Waals surface area contributed by atoms with E-state index in [-0.39, 0.29) is 11.9 Å². The van der Waals surface area contributed by atoms with E-state index in [2.05, 4.69) is 10.1 Å². The molecule has 2 rings (SSSR count). The summed E-state index contributed by atoms with van der Waals surface area (Å²) in [4.78, 5) is 2.34. The van der Waals surface area contributed by atoms with Gasteiger partial charge in [-0.25, -0.2) is 0 Å². The molecule has 1 saturated heterocycles. The number of piperidine rings is 1. The van der Waals surface area contributed by atoms with Crippen molar-refractivity contribution in [3.05, 3.63) is 34.3 Å². The van der Waals surface area contributed by atoms with Gasteiger partial charge in [0.15, 0.2) is 5.84 Å². The first-order chi connectivity index (χ1) is 10.0. The minimum absolute atomic E-state index is 0.0567. The van der Waals surface area contributed by atoms with Crippen molar-refractivity contribution in [1.29, 1.82) is 0 Å². The number of likely N-dealkylation sites (tertiary alicyclic amines) is 1. The van der Waals surface area contributed by atoms with Crippen LogP contribution >= 0.6 is 11.6 Å². The predicted octanol–water partition coefficient (Wildman–Crippen LogP) is 2.03. The monoisotopic (exact) mass is 311 g/mol. The summed E-state index contributed by atoms with van der Waals surface area (Å²) in [5, 5.41) is 21.9. The van der Waals surface area contributed by atoms with Crippen molar-refractivity contribution in [2.45, 2.75) is 32.4 Å². The second kappa shape index (κ2) is 7.11. The summed E-state index contributed by atoms with van der Waals surface area (Å²) in [7, 11) is 0. The SMILES string of the molecule is CC(O)C1CCN(Cc2ccc(/C(N)=N/O)cc2Cl)CC1. The Kier molecular flexibility index (Phi) is 5.45. The van der Waals surface area contributed by atoms with Gasteiger partial charge in [-0.15, -0.1) is 0 Å². The Morgan fingerprint density at radius 3 is 2.67 bits per heavy atom. The molecule has 1 heterocycles. The number of amidine groups is 1. The van der Waals surface area contributed by atoms with E-state index in [1.54, 1.807) is 12.1 Å². The quantitative estimate of drug-likeness (QED) is 0.344. The first-order valence-corrected chi connectivity index (χ1v) is 7.55. The molecule has 1 unspecified atom stereocenters. The summed E-state index contributed by atoms with van der Waals surface area (Å²) < 4.78 is 0. The highest BCUT2D eigenvalue weighted by Crippen LogP contribution is 2.24. The number of hydrogen-bond donors (Lipinski definition) is 3. The number of aliphatic hydroxyl groups is 1. The molecule has 5 nitrogen and oxygen atoms in total. The van der Waals surface area contributed by atoms with Crippen molar-refractivity contribution < 1.29 is 10.3 Å². The Hall–Kier alpha value is -1.30. The van der Waals surface area contributed by atoms with Crippen molar-refractivity contribution in [2.75, 3.05) is 13.1 Å². The van der Waals surface area contributed by atoms with Crippen LogP contribution in [-0.4, -0.2) is 40.2 Å². The Morgan fingerprint density at radius 1 is 1.48 bits per heavy atom. The minimum atomic E-state index is -0.226. The number of oxime groups is 1. The van der Waals surface area contributed by atoms with E-state index < -0.39 is 0 Å². The number of aliphatic hydroxyl groups excluding tert-OH is 1. The third-order valence-electron chi connectivity index (χ3n) is 4.16. The van der Waals surface area contributed by atoms with E-state index in [0.717, 1.165) is 38.0 Å². The van der Waals surface area contributed by atoms with E-state index in [0.29, 0.717) is 16.5 Å². The number of nitrogens with zero attached hydrogens (tertiary/aromatic N) is 2. The number of benzene rings is 1. The summed E-state index contributed by atoms with van der Waals surface area (Å²) in [5.41, 5.74) is 7.19. The average molecular weight is 312 g/mol. The Morgan fingerprint density at radius 2 is 2.14 bits per heavy atom. The van der Waals surface area contributed by atoms with Crippen LogP contribution in [-0.2, 0) is 6.54 Å². The number of rotatable bonds is 4. The normalized spacial score (nSPS) is 19.7. The lowest BCUT2D eigenvalue weighted by atomic mass is 9.92. The van der Waals surface area contributed by atoms with Crippen LogP contribution in [0, 0.1) is 5.92 Å². The fourth-order valence-electron chi connectivity index (χ4n) is 2.73. The molecule has 4 N–H and O–H groups in total. The Labute approximate surface area is 130 Å². The first-order valence-electron chi connectivity index (χ1n) is 7.18. The maximum atomic E-state index is 9.62. The van der Waals surface area contributed by atoms with Gasteiger partial charge in [0.2, 0.25) is 0 Å². The predicted molar refractivity (Wildman–Crippen MR) is 83.6 cm³/mol. The topological polar surface area (TPSA) is 82.1 Å². The fraction of sp³-hybridized carbons (Fsp3) is 0.533. The zero-order valence-corrected chi connectivity index (χ0v) is 12.9. The lowest BCUT2D eigenvalue weighted by molar-refractivity contribution is 0.0695. The molecule has 21 heavy (non-hydrogen) atoms. The van der Waals surface area contributed by atoms with Gasteiger partial charge in [0.1, 0.15) is 0 Å². The molecule has 0 spiro atoms. The minimum Gasteiger partial charge on any atom is -0.409 e. The molecule has 0 aromatic heterocycles. The Balaban J connectivity index is 1.98. The number of nitrogens with two attached hydrogens (primary N) is 1. The van der Waals surface area contributed by atoms with E-state index >= 15 is 0 Å². The second-order valence-corrected chi connectivity index (χ2v) is 6.05. The molecule has 1 atom stereocenters. The van der Waals surface area contributed by atoms with Crippen LogP contribution in [0.4, 0.5) is 0 Å². The van der Waals surface area contributed by atoms with Gasteiger partial charge in [-0.1, -0.05) is 28.9 Å². The van der Waals surface area contributed by atoms with Crippen molar-refractivity contribution >= 4 is 17.4 Å². The molecular weight excluding hydrogens is 290 g/mol. The van der Waals surface area contributed by atoms with Gasteiger partial charge in [-0.05, 0) is 50.4 Å². The van der Waals surface area contributed by atoms with Gasteiger partial charge >= 0.3 is 0 Å². The fourth-order valence-corrected chi connectivity index (χ4v) is 2.97. The molecule has 1 aromatic carbocycles. The summed E-state index contributed by atoms with van der Waals surface area (Å²) in [6, 6.07) is 5.43. The van der Waals surface area contributed by atoms with Crippen molar-refractivity contribution in [3.63, 3.8) is 0 Å². The smallest absolute Gasteiger partial charge is 0.170 e. The van der Waals surface area contributed by atoms with E-state index in [1.807, 2.05) is 13.0 Å². The summed E-state index contributed by atoms with van der Waals surface area (Å²) >= 11 is 6.27. The van der Waals surface area contributed by atoms with Gasteiger partial charge in [0.05, 0.1) is 6.10 Å². The molecular formula is C15H22ClN3O2. The van der Waals surface area contributed by atoms with Crippen LogP contribution in [0.3, 0.4) is 0 Å². The number of halogens is 1. The molecule has 1 aromatic rings. The molecule has 1 fully saturated rings. The number of hydrogen-bond acceptors (Lipinski definition) is 4. The van der Waals surface area contributed by atoms with Crippen LogP contribution in [0.25, 0.3) is 0 Å². The summed E-state index contributed by atoms with van der Waals surface area (Å²) in [5.74, 6) is 0.459. The van der Waals surface area contributed by atoms with Gasteiger partial charge in [-0.2, -0.15) is 0 Å². The molecule has 0 saturated carbocycles. The molecule has 0 aliphatic carbocycles. The van der Waals surface area contributed by atoms with Gasteiger partial charge in [0.25, 0.3) is 0 Å². The second-order valence-electron chi connectivity index (χ2n) is 5.65. The zero-order chi connectivity index (χ0) is 15.4. The van der Waals surface area contributed by atoms with Gasteiger partial charge in [-0.3, -0.25) is 4.90 Å². The third-order valence-corrected chi connectivity index (χ3v) is 4.52. The Bertz CT molecular complexity index is 512. The van der Waals surface area contributed by atoms with Crippen LogP contribution < -0.4 is 5.73 Å². The van der Waals surface area contributed by atoms with E-state index in [1.165, 1.54) is 0 Å². The molecule has 1 aliphatic heterocycles.